The van der Waals surface area contributed by atoms with Crippen molar-refractivity contribution >= 4 is 27.3 Å². The summed E-state index contributed by atoms with van der Waals surface area (Å²) < 4.78 is 28.2. The number of fused-ring (bicyclic) bond motifs is 2. The van der Waals surface area contributed by atoms with Gasteiger partial charge >= 0.3 is 0 Å². The first-order valence-corrected chi connectivity index (χ1v) is 12.5. The molecule has 0 amide bonds. The van der Waals surface area contributed by atoms with Crippen LogP contribution in [0.2, 0.25) is 5.02 Å². The fourth-order valence-electron chi connectivity index (χ4n) is 4.62. The Kier molecular flexibility index (Phi) is 5.99. The molecule has 2 aliphatic carbocycles. The third-order valence-electron chi connectivity index (χ3n) is 6.17. The molecule has 1 unspecified atom stereocenters. The lowest BCUT2D eigenvalue weighted by molar-refractivity contribution is 0.0783. The number of nitrogens with one attached hydrogen (secondary N) is 2. The zero-order chi connectivity index (χ0) is 23.3. The van der Waals surface area contributed by atoms with Gasteiger partial charge in [-0.05, 0) is 98.4 Å². The summed E-state index contributed by atoms with van der Waals surface area (Å²) in [6.45, 7) is 3.01. The highest BCUT2D eigenvalue weighted by molar-refractivity contribution is 7.89. The molecular weight excluding hydrogens is 450 g/mol. The molecule has 2 aromatic carbocycles. The van der Waals surface area contributed by atoms with Crippen molar-refractivity contribution in [2.75, 3.05) is 5.32 Å². The number of benzene rings is 2. The number of sulfonamides is 1. The minimum atomic E-state index is -4.18. The standard InChI is InChI=1S/C23H26ClN3O4S/c1-23(2,29)14-9-13(12-25)10-15(11-14)32(30,31)27-22(28)26-21-18-7-3-5-16(18)20(24)17-6-4-8-19(17)21/h9-11,22,26-29H,3-8H2,1-2H3. The van der Waals surface area contributed by atoms with Crippen LogP contribution in [0.5, 0.6) is 0 Å². The minimum Gasteiger partial charge on any atom is -0.386 e. The SMILES string of the molecule is CC(C)(O)c1cc(C#N)cc(S(=O)(=O)NC(O)Nc2c3c(c(Cl)c4c2CCC4)CCC3)c1. The maximum Gasteiger partial charge on any atom is 0.244 e. The van der Waals surface area contributed by atoms with E-state index in [1.54, 1.807) is 0 Å². The van der Waals surface area contributed by atoms with Crippen LogP contribution in [0.3, 0.4) is 0 Å². The number of nitriles is 1. The molecule has 4 rings (SSSR count). The first-order chi connectivity index (χ1) is 15.0. The second kappa shape index (κ2) is 8.32. The smallest absolute Gasteiger partial charge is 0.244 e. The zero-order valence-electron chi connectivity index (χ0n) is 18.0. The van der Waals surface area contributed by atoms with Gasteiger partial charge in [-0.25, -0.2) is 8.42 Å². The normalized spacial score (nSPS) is 16.4. The Hall–Kier alpha value is -2.15. The molecule has 0 bridgehead atoms. The summed E-state index contributed by atoms with van der Waals surface area (Å²) in [5.41, 5.74) is 4.08. The second-order valence-corrected chi connectivity index (χ2v) is 11.0. The van der Waals surface area contributed by atoms with Crippen LogP contribution in [0.4, 0.5) is 5.69 Å². The molecule has 32 heavy (non-hydrogen) atoms. The van der Waals surface area contributed by atoms with Crippen molar-refractivity contribution in [2.45, 2.75) is 69.2 Å². The topological polar surface area (TPSA) is 122 Å². The monoisotopic (exact) mass is 475 g/mol. The Morgan fingerprint density at radius 2 is 1.62 bits per heavy atom. The number of nitrogens with zero attached hydrogens (tertiary/aromatic N) is 1. The molecule has 0 aromatic heterocycles. The number of aliphatic hydroxyl groups is 2. The molecule has 2 aromatic rings. The van der Waals surface area contributed by atoms with E-state index in [0.717, 1.165) is 71.5 Å². The predicted molar refractivity (Wildman–Crippen MR) is 122 cm³/mol. The molecule has 1 atom stereocenters. The van der Waals surface area contributed by atoms with E-state index < -0.39 is 22.0 Å². The first-order valence-electron chi connectivity index (χ1n) is 10.6. The molecule has 4 N–H and O–H groups in total. The lowest BCUT2D eigenvalue weighted by Crippen LogP contribution is -2.40. The second-order valence-electron chi connectivity index (χ2n) is 8.90. The molecular formula is C23H26ClN3O4S. The zero-order valence-corrected chi connectivity index (χ0v) is 19.6. The number of rotatable bonds is 6. The molecule has 0 heterocycles. The highest BCUT2D eigenvalue weighted by atomic mass is 35.5. The van der Waals surface area contributed by atoms with Gasteiger partial charge in [0.1, 0.15) is 0 Å². The Bertz CT molecular complexity index is 1190. The summed E-state index contributed by atoms with van der Waals surface area (Å²) in [7, 11) is -4.18. The maximum atomic E-state index is 13.0. The van der Waals surface area contributed by atoms with Gasteiger partial charge in [0, 0.05) is 10.7 Å². The third kappa shape index (κ3) is 4.24. The van der Waals surface area contributed by atoms with E-state index >= 15 is 0 Å². The molecule has 9 heteroatoms. The Morgan fingerprint density at radius 3 is 2.16 bits per heavy atom. The number of aliphatic hydroxyl groups excluding tert-OH is 1. The van der Waals surface area contributed by atoms with Gasteiger partial charge in [-0.15, -0.1) is 0 Å². The molecule has 0 spiro atoms. The summed E-state index contributed by atoms with van der Waals surface area (Å²) in [4.78, 5) is -0.207. The summed E-state index contributed by atoms with van der Waals surface area (Å²) >= 11 is 6.63. The number of anilines is 1. The molecule has 170 valence electrons. The largest absolute Gasteiger partial charge is 0.386 e. The first kappa shape index (κ1) is 23.0. The summed E-state index contributed by atoms with van der Waals surface area (Å²) in [6, 6.07) is 5.86. The highest BCUT2D eigenvalue weighted by Crippen LogP contribution is 2.44. The van der Waals surface area contributed by atoms with E-state index in [2.05, 4.69) is 10.0 Å². The van der Waals surface area contributed by atoms with E-state index in [1.807, 2.05) is 6.07 Å². The van der Waals surface area contributed by atoms with Crippen molar-refractivity contribution in [3.8, 4) is 6.07 Å². The van der Waals surface area contributed by atoms with E-state index in [0.29, 0.717) is 0 Å². The van der Waals surface area contributed by atoms with Crippen molar-refractivity contribution in [2.24, 2.45) is 0 Å². The lowest BCUT2D eigenvalue weighted by Gasteiger charge is -2.23. The number of hydrogen-bond acceptors (Lipinski definition) is 6. The van der Waals surface area contributed by atoms with Gasteiger partial charge in [-0.1, -0.05) is 11.6 Å². The minimum absolute atomic E-state index is 0.0980. The van der Waals surface area contributed by atoms with Gasteiger partial charge in [0.15, 0.2) is 6.35 Å². The van der Waals surface area contributed by atoms with Gasteiger partial charge in [0.2, 0.25) is 10.0 Å². The van der Waals surface area contributed by atoms with Crippen molar-refractivity contribution in [1.82, 2.24) is 4.72 Å². The Balaban J connectivity index is 1.64. The van der Waals surface area contributed by atoms with Crippen LogP contribution < -0.4 is 10.0 Å². The van der Waals surface area contributed by atoms with E-state index in [-0.39, 0.29) is 16.0 Å². The molecule has 0 saturated heterocycles. The fraction of sp³-hybridized carbons (Fsp3) is 0.435. The average Bonchev–Trinajstić information content (AvgIpc) is 3.40. The van der Waals surface area contributed by atoms with Gasteiger partial charge in [-0.3, -0.25) is 0 Å². The number of hydrogen-bond donors (Lipinski definition) is 4. The quantitative estimate of drug-likeness (QED) is 0.476. The summed E-state index contributed by atoms with van der Waals surface area (Å²) in [6.07, 6.45) is 3.75. The van der Waals surface area contributed by atoms with Crippen molar-refractivity contribution < 1.29 is 18.6 Å². The van der Waals surface area contributed by atoms with Crippen molar-refractivity contribution in [3.63, 3.8) is 0 Å². The van der Waals surface area contributed by atoms with Crippen LogP contribution in [-0.4, -0.2) is 25.0 Å². The Labute approximate surface area is 193 Å². The molecule has 7 nitrogen and oxygen atoms in total. The van der Waals surface area contributed by atoms with E-state index in [9.17, 15) is 23.9 Å². The van der Waals surface area contributed by atoms with Crippen LogP contribution in [0.15, 0.2) is 23.1 Å². The van der Waals surface area contributed by atoms with Crippen LogP contribution in [0, 0.1) is 11.3 Å². The average molecular weight is 476 g/mol. The molecule has 2 aliphatic rings. The predicted octanol–water partition coefficient (Wildman–Crippen LogP) is 3.08. The van der Waals surface area contributed by atoms with Crippen LogP contribution in [-0.2, 0) is 41.3 Å². The lowest BCUT2D eigenvalue weighted by atomic mass is 9.97. The van der Waals surface area contributed by atoms with E-state index in [1.165, 1.54) is 32.0 Å². The Morgan fingerprint density at radius 1 is 1.06 bits per heavy atom. The highest BCUT2D eigenvalue weighted by Gasteiger charge is 2.30. The molecule has 0 radical (unpaired) electrons. The van der Waals surface area contributed by atoms with Gasteiger partial charge < -0.3 is 15.5 Å². The van der Waals surface area contributed by atoms with Gasteiger partial charge in [0.05, 0.1) is 22.1 Å². The number of halogens is 1. The maximum absolute atomic E-state index is 13.0. The summed E-state index contributed by atoms with van der Waals surface area (Å²) in [5.74, 6) is 0. The van der Waals surface area contributed by atoms with Crippen molar-refractivity contribution in [3.05, 3.63) is 56.6 Å². The van der Waals surface area contributed by atoms with Crippen molar-refractivity contribution in [1.29, 1.82) is 5.26 Å². The third-order valence-corrected chi connectivity index (χ3v) is 8.02. The molecule has 0 fully saturated rings. The van der Waals surface area contributed by atoms with Crippen LogP contribution >= 0.6 is 11.6 Å². The van der Waals surface area contributed by atoms with Gasteiger partial charge in [0.25, 0.3) is 0 Å². The molecule has 0 aliphatic heterocycles. The summed E-state index contributed by atoms with van der Waals surface area (Å²) in [5, 5.41) is 34.0. The van der Waals surface area contributed by atoms with Crippen LogP contribution in [0.25, 0.3) is 0 Å². The van der Waals surface area contributed by atoms with Crippen LogP contribution in [0.1, 0.15) is 60.1 Å². The fourth-order valence-corrected chi connectivity index (χ4v) is 6.09. The van der Waals surface area contributed by atoms with Gasteiger partial charge in [-0.2, -0.15) is 9.98 Å². The van der Waals surface area contributed by atoms with E-state index in [4.69, 9.17) is 11.6 Å². The molecule has 0 saturated carbocycles.